The Morgan fingerprint density at radius 2 is 1.79 bits per heavy atom. The summed E-state index contributed by atoms with van der Waals surface area (Å²) in [5, 5.41) is 14.8. The highest BCUT2D eigenvalue weighted by Gasteiger charge is 2.26. The number of pyridine rings is 1. The zero-order valence-electron chi connectivity index (χ0n) is 22.6. The van der Waals surface area contributed by atoms with Crippen molar-refractivity contribution in [2.75, 3.05) is 43.4 Å². The van der Waals surface area contributed by atoms with E-state index < -0.39 is 5.60 Å². The van der Waals surface area contributed by atoms with Crippen LogP contribution < -0.4 is 15.8 Å². The van der Waals surface area contributed by atoms with Crippen LogP contribution in [0, 0.1) is 0 Å². The molecule has 202 valence electrons. The maximum Gasteiger partial charge on any atom is 0.278 e. The Hall–Kier alpha value is -4.02. The van der Waals surface area contributed by atoms with E-state index in [0.29, 0.717) is 47.9 Å². The summed E-state index contributed by atoms with van der Waals surface area (Å²) < 4.78 is 3.38. The van der Waals surface area contributed by atoms with Gasteiger partial charge in [0.2, 0.25) is 5.95 Å². The normalized spacial score (nSPS) is 21.6. The van der Waals surface area contributed by atoms with Crippen molar-refractivity contribution in [3.05, 3.63) is 76.4 Å². The van der Waals surface area contributed by atoms with E-state index in [1.54, 1.807) is 22.5 Å². The summed E-state index contributed by atoms with van der Waals surface area (Å²) in [5.74, 6) is 0.913. The molecule has 0 radical (unpaired) electrons. The summed E-state index contributed by atoms with van der Waals surface area (Å²) >= 11 is 0. The van der Waals surface area contributed by atoms with Gasteiger partial charge in [0.1, 0.15) is 11.0 Å². The molecular formula is C29H34N8O2. The predicted octanol–water partition coefficient (Wildman–Crippen LogP) is 3.42. The average molecular weight is 527 g/mol. The molecular weight excluding hydrogens is 492 g/mol. The molecule has 1 fully saturated rings. The van der Waals surface area contributed by atoms with Crippen molar-refractivity contribution in [1.82, 2.24) is 29.2 Å². The van der Waals surface area contributed by atoms with Gasteiger partial charge in [-0.3, -0.25) is 4.79 Å². The number of piperazine rings is 1. The lowest BCUT2D eigenvalue weighted by Gasteiger charge is -2.34. The highest BCUT2D eigenvalue weighted by molar-refractivity contribution is 5.77. The Labute approximate surface area is 227 Å². The van der Waals surface area contributed by atoms with Gasteiger partial charge in [-0.25, -0.2) is 19.3 Å². The van der Waals surface area contributed by atoms with Gasteiger partial charge in [0, 0.05) is 43.8 Å². The van der Waals surface area contributed by atoms with Crippen molar-refractivity contribution >= 4 is 28.4 Å². The largest absolute Gasteiger partial charge is 0.384 e. The van der Waals surface area contributed by atoms with Crippen LogP contribution in [0.5, 0.6) is 0 Å². The number of hydrogen-bond acceptors (Lipinski definition) is 8. The van der Waals surface area contributed by atoms with Gasteiger partial charge in [-0.1, -0.05) is 17.7 Å². The van der Waals surface area contributed by atoms with E-state index in [9.17, 15) is 9.90 Å². The first-order valence-corrected chi connectivity index (χ1v) is 13.4. The van der Waals surface area contributed by atoms with Crippen molar-refractivity contribution in [2.24, 2.45) is 0 Å². The summed E-state index contributed by atoms with van der Waals surface area (Å²) in [6.45, 7) is 8.29. The molecule has 0 amide bonds. The third kappa shape index (κ3) is 4.93. The zero-order valence-corrected chi connectivity index (χ0v) is 22.6. The molecule has 10 heteroatoms. The SMILES string of the molecule is C/C1=C/CCC(C)(O)c2cccc(n2)-n2c3nc(Nc4ccc(N5CCN(C)CC5)cc4)ncc3c(=O)n2C1. The van der Waals surface area contributed by atoms with Gasteiger partial charge in [-0.05, 0) is 70.1 Å². The summed E-state index contributed by atoms with van der Waals surface area (Å²) in [5.41, 5.74) is 2.82. The molecule has 10 nitrogen and oxygen atoms in total. The number of anilines is 3. The maximum absolute atomic E-state index is 13.5. The Morgan fingerprint density at radius 1 is 1.03 bits per heavy atom. The van der Waals surface area contributed by atoms with Crippen LogP contribution in [0.1, 0.15) is 32.4 Å². The van der Waals surface area contributed by atoms with Crippen molar-refractivity contribution in [2.45, 2.75) is 38.8 Å². The Bertz CT molecular complexity index is 1590. The molecule has 3 aromatic heterocycles. The fourth-order valence-electron chi connectivity index (χ4n) is 5.28. The van der Waals surface area contributed by atoms with Crippen LogP contribution in [0.15, 0.2) is 65.1 Å². The number of benzene rings is 1. The fraction of sp³-hybridized carbons (Fsp3) is 0.379. The minimum atomic E-state index is -1.09. The monoisotopic (exact) mass is 526 g/mol. The molecule has 1 atom stereocenters. The van der Waals surface area contributed by atoms with Crippen LogP contribution >= 0.6 is 0 Å². The summed E-state index contributed by atoms with van der Waals surface area (Å²) in [6.07, 6.45) is 4.86. The second-order valence-electron chi connectivity index (χ2n) is 10.8. The summed E-state index contributed by atoms with van der Waals surface area (Å²) in [6, 6.07) is 13.8. The molecule has 5 heterocycles. The molecule has 4 aromatic rings. The second-order valence-corrected chi connectivity index (χ2v) is 10.8. The van der Waals surface area contributed by atoms with Crippen molar-refractivity contribution in [3.8, 4) is 5.82 Å². The Morgan fingerprint density at radius 3 is 2.56 bits per heavy atom. The zero-order chi connectivity index (χ0) is 27.1. The number of nitrogens with one attached hydrogen (secondary N) is 1. The van der Waals surface area contributed by atoms with Gasteiger partial charge < -0.3 is 20.2 Å². The van der Waals surface area contributed by atoms with Crippen LogP contribution in [-0.2, 0) is 12.1 Å². The first-order chi connectivity index (χ1) is 18.8. The minimum Gasteiger partial charge on any atom is -0.384 e. The van der Waals surface area contributed by atoms with Crippen LogP contribution in [0.2, 0.25) is 0 Å². The standard InChI is InChI=1S/C29H34N8O2/c1-20-6-5-13-29(2,39)24-7-4-8-25(32-24)37-26-23(27(38)36(37)19-20)18-30-28(33-26)31-21-9-11-22(12-10-21)35-16-14-34(3)15-17-35/h4,6-12,18,39H,5,13-17,19H2,1-3H3,(H,30,31,33)/b20-6-. The summed E-state index contributed by atoms with van der Waals surface area (Å²) in [7, 11) is 2.15. The molecule has 1 unspecified atom stereocenters. The number of rotatable bonds is 3. The van der Waals surface area contributed by atoms with Gasteiger partial charge in [-0.2, -0.15) is 4.98 Å². The third-order valence-corrected chi connectivity index (χ3v) is 7.69. The van der Waals surface area contributed by atoms with Crippen LogP contribution in [0.4, 0.5) is 17.3 Å². The first kappa shape index (κ1) is 25.3. The molecule has 0 saturated carbocycles. The quantitative estimate of drug-likeness (QED) is 0.392. The van der Waals surface area contributed by atoms with Gasteiger partial charge in [0.25, 0.3) is 5.56 Å². The average Bonchev–Trinajstić information content (AvgIpc) is 3.19. The fourth-order valence-corrected chi connectivity index (χ4v) is 5.28. The molecule has 2 N–H and O–H groups in total. The third-order valence-electron chi connectivity index (χ3n) is 7.69. The van der Waals surface area contributed by atoms with E-state index in [1.165, 1.54) is 5.69 Å². The van der Waals surface area contributed by atoms with E-state index in [4.69, 9.17) is 9.97 Å². The van der Waals surface area contributed by atoms with Gasteiger partial charge >= 0.3 is 0 Å². The van der Waals surface area contributed by atoms with Crippen LogP contribution in [-0.4, -0.2) is 67.5 Å². The number of fused-ring (bicyclic) bond motifs is 6. The lowest BCUT2D eigenvalue weighted by molar-refractivity contribution is 0.0442. The van der Waals surface area contributed by atoms with Crippen LogP contribution in [0.25, 0.3) is 16.9 Å². The topological polar surface area (TPSA) is 104 Å². The molecule has 0 spiro atoms. The lowest BCUT2D eigenvalue weighted by Crippen LogP contribution is -2.44. The number of allylic oxidation sites excluding steroid dienone is 2. The smallest absolute Gasteiger partial charge is 0.278 e. The number of aromatic nitrogens is 5. The van der Waals surface area contributed by atoms with E-state index in [2.05, 4.69) is 45.4 Å². The number of nitrogens with zero attached hydrogens (tertiary/aromatic N) is 7. The van der Waals surface area contributed by atoms with Crippen molar-refractivity contribution in [3.63, 3.8) is 0 Å². The lowest BCUT2D eigenvalue weighted by atomic mass is 9.95. The van der Waals surface area contributed by atoms with E-state index in [0.717, 1.165) is 37.4 Å². The van der Waals surface area contributed by atoms with Crippen molar-refractivity contribution < 1.29 is 5.11 Å². The Kier molecular flexibility index (Phi) is 6.44. The van der Waals surface area contributed by atoms with Crippen molar-refractivity contribution in [1.29, 1.82) is 0 Å². The van der Waals surface area contributed by atoms with Gasteiger partial charge in [0.15, 0.2) is 11.5 Å². The predicted molar refractivity (Wildman–Crippen MR) is 153 cm³/mol. The molecule has 6 rings (SSSR count). The Balaban J connectivity index is 1.38. The first-order valence-electron chi connectivity index (χ1n) is 13.4. The second kappa shape index (κ2) is 9.94. The highest BCUT2D eigenvalue weighted by atomic mass is 16.3. The van der Waals surface area contributed by atoms with Crippen LogP contribution in [0.3, 0.4) is 0 Å². The molecule has 2 aliphatic rings. The number of aliphatic hydroxyl groups is 1. The molecule has 2 bridgehead atoms. The maximum atomic E-state index is 13.5. The van der Waals surface area contributed by atoms with E-state index in [-0.39, 0.29) is 5.56 Å². The molecule has 2 aliphatic heterocycles. The minimum absolute atomic E-state index is 0.181. The van der Waals surface area contributed by atoms with E-state index in [1.807, 2.05) is 37.3 Å². The molecule has 1 saturated heterocycles. The van der Waals surface area contributed by atoms with E-state index >= 15 is 0 Å². The van der Waals surface area contributed by atoms with Gasteiger partial charge in [-0.15, -0.1) is 0 Å². The number of hydrogen-bond donors (Lipinski definition) is 2. The number of likely N-dealkylation sites (N-methyl/N-ethyl adjacent to an activating group) is 1. The molecule has 1 aromatic carbocycles. The van der Waals surface area contributed by atoms with Gasteiger partial charge in [0.05, 0.1) is 12.2 Å². The molecule has 0 aliphatic carbocycles. The highest BCUT2D eigenvalue weighted by Crippen LogP contribution is 2.28. The summed E-state index contributed by atoms with van der Waals surface area (Å²) in [4.78, 5) is 32.2. The molecule has 39 heavy (non-hydrogen) atoms.